The molecule has 12 heavy (non-hydrogen) atoms. The van der Waals surface area contributed by atoms with Gasteiger partial charge in [-0.15, -0.1) is 0 Å². The minimum atomic E-state index is -0.102. The highest BCUT2D eigenvalue weighted by Gasteiger charge is 2.27. The van der Waals surface area contributed by atoms with E-state index < -0.39 is 0 Å². The Labute approximate surface area is 73.5 Å². The van der Waals surface area contributed by atoms with Crippen LogP contribution in [0.2, 0.25) is 0 Å². The van der Waals surface area contributed by atoms with Crippen LogP contribution < -0.4 is 5.32 Å². The molecule has 1 saturated heterocycles. The molecule has 0 aromatic carbocycles. The van der Waals surface area contributed by atoms with Crippen molar-refractivity contribution >= 4 is 5.97 Å². The fraction of sp³-hybridized carbons (Fsp3) is 0.889. The maximum Gasteiger partial charge on any atom is 0.323 e. The number of ether oxygens (including phenoxy) is 1. The summed E-state index contributed by atoms with van der Waals surface area (Å²) in [5.41, 5.74) is 0. The lowest BCUT2D eigenvalue weighted by Crippen LogP contribution is -2.36. The van der Waals surface area contributed by atoms with Crippen molar-refractivity contribution in [2.45, 2.75) is 51.8 Å². The summed E-state index contributed by atoms with van der Waals surface area (Å²) in [6.07, 6.45) is 1.97. The first kappa shape index (κ1) is 9.52. The van der Waals surface area contributed by atoms with E-state index in [4.69, 9.17) is 4.74 Å². The summed E-state index contributed by atoms with van der Waals surface area (Å²) in [5.74, 6) is -0.102. The molecule has 0 aromatic heterocycles. The van der Waals surface area contributed by atoms with Gasteiger partial charge >= 0.3 is 5.97 Å². The Balaban J connectivity index is 2.33. The van der Waals surface area contributed by atoms with Crippen molar-refractivity contribution in [3.63, 3.8) is 0 Å². The monoisotopic (exact) mass is 171 g/mol. The third-order valence-electron chi connectivity index (χ3n) is 2.01. The Bertz CT molecular complexity index is 168. The quantitative estimate of drug-likeness (QED) is 0.632. The average molecular weight is 171 g/mol. The van der Waals surface area contributed by atoms with Crippen LogP contribution in [0.25, 0.3) is 0 Å². The van der Waals surface area contributed by atoms with E-state index in [9.17, 15) is 4.79 Å². The second-order valence-corrected chi connectivity index (χ2v) is 3.68. The molecule has 3 heteroatoms. The maximum atomic E-state index is 11.3. The van der Waals surface area contributed by atoms with Gasteiger partial charge in [-0.05, 0) is 33.6 Å². The first-order chi connectivity index (χ1) is 5.59. The lowest BCUT2D eigenvalue weighted by Gasteiger charge is -2.13. The molecule has 0 spiro atoms. The van der Waals surface area contributed by atoms with Gasteiger partial charge in [0.15, 0.2) is 0 Å². The molecular weight excluding hydrogens is 154 g/mol. The van der Waals surface area contributed by atoms with Crippen LogP contribution >= 0.6 is 0 Å². The van der Waals surface area contributed by atoms with Gasteiger partial charge in [-0.3, -0.25) is 4.79 Å². The topological polar surface area (TPSA) is 38.3 Å². The molecule has 1 heterocycles. The second kappa shape index (κ2) is 3.90. The maximum absolute atomic E-state index is 11.3. The summed E-state index contributed by atoms with van der Waals surface area (Å²) in [4.78, 5) is 11.3. The average Bonchev–Trinajstić information content (AvgIpc) is 2.34. The summed E-state index contributed by atoms with van der Waals surface area (Å²) >= 11 is 0. The van der Waals surface area contributed by atoms with E-state index in [1.165, 1.54) is 0 Å². The Hall–Kier alpha value is -0.570. The first-order valence-corrected chi connectivity index (χ1v) is 4.56. The van der Waals surface area contributed by atoms with Gasteiger partial charge in [-0.2, -0.15) is 0 Å². The lowest BCUT2D eigenvalue weighted by atomic mass is 10.2. The molecule has 0 radical (unpaired) electrons. The smallest absolute Gasteiger partial charge is 0.323 e. The number of hydrogen-bond acceptors (Lipinski definition) is 3. The second-order valence-electron chi connectivity index (χ2n) is 3.68. The number of nitrogens with one attached hydrogen (secondary N) is 1. The van der Waals surface area contributed by atoms with E-state index in [2.05, 4.69) is 12.2 Å². The fourth-order valence-corrected chi connectivity index (χ4v) is 1.43. The Morgan fingerprint density at radius 2 is 2.17 bits per heavy atom. The number of carbonyl (C=O) groups is 1. The Kier molecular flexibility index (Phi) is 3.09. The molecule has 2 atom stereocenters. The van der Waals surface area contributed by atoms with Gasteiger partial charge in [0, 0.05) is 6.04 Å². The van der Waals surface area contributed by atoms with E-state index in [1.54, 1.807) is 0 Å². The molecule has 70 valence electrons. The molecule has 0 saturated carbocycles. The minimum absolute atomic E-state index is 0.00444. The van der Waals surface area contributed by atoms with Gasteiger partial charge in [-0.1, -0.05) is 0 Å². The van der Waals surface area contributed by atoms with Gasteiger partial charge in [0.25, 0.3) is 0 Å². The number of esters is 1. The van der Waals surface area contributed by atoms with Crippen molar-refractivity contribution in [2.75, 3.05) is 0 Å². The lowest BCUT2D eigenvalue weighted by molar-refractivity contribution is -0.149. The summed E-state index contributed by atoms with van der Waals surface area (Å²) < 4.78 is 5.08. The van der Waals surface area contributed by atoms with Gasteiger partial charge < -0.3 is 10.1 Å². The molecular formula is C9H17NO2. The summed E-state index contributed by atoms with van der Waals surface area (Å²) in [6.45, 7) is 5.83. The van der Waals surface area contributed by atoms with E-state index in [0.717, 1.165) is 12.8 Å². The van der Waals surface area contributed by atoms with Crippen LogP contribution in [0.15, 0.2) is 0 Å². The van der Waals surface area contributed by atoms with Crippen LogP contribution in [0.5, 0.6) is 0 Å². The molecule has 1 N–H and O–H groups in total. The standard InChI is InChI=1S/C9H17NO2/c1-6(2)12-9(11)8-5-4-7(3)10-8/h6-8,10H,4-5H2,1-3H3/t7-,8+/m1/s1. The van der Waals surface area contributed by atoms with Crippen LogP contribution in [-0.2, 0) is 9.53 Å². The van der Waals surface area contributed by atoms with Gasteiger partial charge in [0.2, 0.25) is 0 Å². The molecule has 1 rings (SSSR count). The first-order valence-electron chi connectivity index (χ1n) is 4.56. The van der Waals surface area contributed by atoms with Crippen molar-refractivity contribution < 1.29 is 9.53 Å². The zero-order valence-electron chi connectivity index (χ0n) is 7.96. The number of carbonyl (C=O) groups excluding carboxylic acids is 1. The SMILES string of the molecule is CC(C)OC(=O)[C@@H]1CC[C@@H](C)N1. The number of rotatable bonds is 2. The highest BCUT2D eigenvalue weighted by molar-refractivity contribution is 5.76. The third kappa shape index (κ3) is 2.48. The van der Waals surface area contributed by atoms with Crippen LogP contribution in [0.1, 0.15) is 33.6 Å². The van der Waals surface area contributed by atoms with Gasteiger partial charge in [0.05, 0.1) is 6.10 Å². The van der Waals surface area contributed by atoms with Crippen LogP contribution in [0.4, 0.5) is 0 Å². The molecule has 0 amide bonds. The fourth-order valence-electron chi connectivity index (χ4n) is 1.43. The van der Waals surface area contributed by atoms with E-state index in [1.807, 2.05) is 13.8 Å². The molecule has 0 aromatic rings. The van der Waals surface area contributed by atoms with E-state index >= 15 is 0 Å². The predicted molar refractivity (Wildman–Crippen MR) is 46.8 cm³/mol. The van der Waals surface area contributed by atoms with Crippen molar-refractivity contribution in [3.05, 3.63) is 0 Å². The zero-order valence-corrected chi connectivity index (χ0v) is 7.96. The van der Waals surface area contributed by atoms with Crippen LogP contribution in [0, 0.1) is 0 Å². The zero-order chi connectivity index (χ0) is 9.14. The van der Waals surface area contributed by atoms with Crippen molar-refractivity contribution in [2.24, 2.45) is 0 Å². The summed E-state index contributed by atoms with van der Waals surface area (Å²) in [7, 11) is 0. The van der Waals surface area contributed by atoms with Crippen molar-refractivity contribution in [1.82, 2.24) is 5.32 Å². The number of hydrogen-bond donors (Lipinski definition) is 1. The van der Waals surface area contributed by atoms with Gasteiger partial charge in [-0.25, -0.2) is 0 Å². The molecule has 0 bridgehead atoms. The summed E-state index contributed by atoms with van der Waals surface area (Å²) in [6, 6.07) is 0.386. The highest BCUT2D eigenvalue weighted by Crippen LogP contribution is 2.13. The van der Waals surface area contributed by atoms with Crippen molar-refractivity contribution in [1.29, 1.82) is 0 Å². The van der Waals surface area contributed by atoms with Crippen LogP contribution in [-0.4, -0.2) is 24.2 Å². The van der Waals surface area contributed by atoms with E-state index in [0.29, 0.717) is 6.04 Å². The largest absolute Gasteiger partial charge is 0.462 e. The highest BCUT2D eigenvalue weighted by atomic mass is 16.5. The Morgan fingerprint density at radius 3 is 2.58 bits per heavy atom. The van der Waals surface area contributed by atoms with Gasteiger partial charge in [0.1, 0.15) is 6.04 Å². The minimum Gasteiger partial charge on any atom is -0.462 e. The third-order valence-corrected chi connectivity index (χ3v) is 2.01. The Morgan fingerprint density at radius 1 is 1.50 bits per heavy atom. The van der Waals surface area contributed by atoms with Crippen molar-refractivity contribution in [3.8, 4) is 0 Å². The molecule has 0 unspecified atom stereocenters. The normalized spacial score (nSPS) is 29.3. The van der Waals surface area contributed by atoms with E-state index in [-0.39, 0.29) is 18.1 Å². The molecule has 1 aliphatic rings. The summed E-state index contributed by atoms with van der Waals surface area (Å²) in [5, 5.41) is 3.18. The predicted octanol–water partition coefficient (Wildman–Crippen LogP) is 1.08. The molecule has 1 fully saturated rings. The molecule has 1 aliphatic heterocycles. The molecule has 3 nitrogen and oxygen atoms in total. The van der Waals surface area contributed by atoms with Crippen LogP contribution in [0.3, 0.4) is 0 Å². The molecule has 0 aliphatic carbocycles.